The standard InChI is InChI=1S/C19H32N4/c1-15-9-7-8-12-23(15)14-17-11-6-5-10-16(17)13-21-18(20)22-19(2,3)4/h5-6,10-11,15H,7-9,12-14H2,1-4H3,(H3,20,21,22). The number of guanidine groups is 1. The first kappa shape index (κ1) is 17.8. The Kier molecular flexibility index (Phi) is 6.05. The third-order valence-electron chi connectivity index (χ3n) is 4.36. The van der Waals surface area contributed by atoms with Crippen LogP contribution in [0.3, 0.4) is 0 Å². The van der Waals surface area contributed by atoms with Crippen LogP contribution < -0.4 is 11.1 Å². The van der Waals surface area contributed by atoms with Crippen LogP contribution in [0.4, 0.5) is 0 Å². The van der Waals surface area contributed by atoms with Gasteiger partial charge >= 0.3 is 0 Å². The Bertz CT molecular complexity index is 530. The molecule has 1 heterocycles. The Labute approximate surface area is 141 Å². The summed E-state index contributed by atoms with van der Waals surface area (Å²) in [7, 11) is 0. The van der Waals surface area contributed by atoms with Gasteiger partial charge in [0.15, 0.2) is 5.96 Å². The van der Waals surface area contributed by atoms with Crippen molar-refractivity contribution in [2.75, 3.05) is 6.54 Å². The maximum absolute atomic E-state index is 5.99. The number of likely N-dealkylation sites (tertiary alicyclic amines) is 1. The maximum Gasteiger partial charge on any atom is 0.189 e. The van der Waals surface area contributed by atoms with E-state index in [2.05, 4.69) is 67.2 Å². The van der Waals surface area contributed by atoms with Gasteiger partial charge in [-0.3, -0.25) is 4.90 Å². The summed E-state index contributed by atoms with van der Waals surface area (Å²) in [4.78, 5) is 7.10. The summed E-state index contributed by atoms with van der Waals surface area (Å²) in [6, 6.07) is 9.26. The van der Waals surface area contributed by atoms with Crippen molar-refractivity contribution in [2.24, 2.45) is 10.7 Å². The molecule has 1 saturated heterocycles. The van der Waals surface area contributed by atoms with Gasteiger partial charge in [-0.25, -0.2) is 4.99 Å². The molecule has 1 aromatic rings. The van der Waals surface area contributed by atoms with E-state index in [0.29, 0.717) is 18.5 Å². The average Bonchev–Trinajstić information content (AvgIpc) is 2.47. The molecule has 1 aliphatic heterocycles. The summed E-state index contributed by atoms with van der Waals surface area (Å²) in [5.74, 6) is 0.513. The number of nitrogens with two attached hydrogens (primary N) is 1. The van der Waals surface area contributed by atoms with E-state index in [4.69, 9.17) is 5.73 Å². The zero-order valence-corrected chi connectivity index (χ0v) is 15.1. The molecule has 1 aromatic carbocycles. The van der Waals surface area contributed by atoms with Gasteiger partial charge in [0.05, 0.1) is 6.54 Å². The smallest absolute Gasteiger partial charge is 0.189 e. The summed E-state index contributed by atoms with van der Waals surface area (Å²) >= 11 is 0. The molecule has 23 heavy (non-hydrogen) atoms. The molecule has 0 aromatic heterocycles. The maximum atomic E-state index is 5.99. The lowest BCUT2D eigenvalue weighted by atomic mass is 10.0. The van der Waals surface area contributed by atoms with E-state index < -0.39 is 0 Å². The second-order valence-electron chi connectivity index (χ2n) is 7.66. The van der Waals surface area contributed by atoms with Crippen molar-refractivity contribution in [2.45, 2.75) is 71.6 Å². The molecule has 0 saturated carbocycles. The molecular formula is C19H32N4. The molecule has 0 aliphatic carbocycles. The minimum absolute atomic E-state index is 0.0592. The van der Waals surface area contributed by atoms with Crippen molar-refractivity contribution in [3.05, 3.63) is 35.4 Å². The summed E-state index contributed by atoms with van der Waals surface area (Å²) in [6.07, 6.45) is 3.98. The zero-order valence-electron chi connectivity index (χ0n) is 15.1. The van der Waals surface area contributed by atoms with Gasteiger partial charge < -0.3 is 11.1 Å². The van der Waals surface area contributed by atoms with Crippen molar-refractivity contribution in [3.8, 4) is 0 Å². The van der Waals surface area contributed by atoms with Gasteiger partial charge in [-0.1, -0.05) is 30.7 Å². The zero-order chi connectivity index (χ0) is 16.9. The number of piperidine rings is 1. The highest BCUT2D eigenvalue weighted by Crippen LogP contribution is 2.21. The van der Waals surface area contributed by atoms with E-state index in [1.165, 1.54) is 36.9 Å². The molecule has 1 aliphatic rings. The Morgan fingerprint density at radius 1 is 1.26 bits per heavy atom. The summed E-state index contributed by atoms with van der Waals surface area (Å²) in [5.41, 5.74) is 8.57. The monoisotopic (exact) mass is 316 g/mol. The highest BCUT2D eigenvalue weighted by Gasteiger charge is 2.19. The minimum Gasteiger partial charge on any atom is -0.370 e. The Morgan fingerprint density at radius 3 is 2.61 bits per heavy atom. The molecule has 128 valence electrons. The van der Waals surface area contributed by atoms with E-state index in [-0.39, 0.29) is 5.54 Å². The number of hydrogen-bond acceptors (Lipinski definition) is 2. The van der Waals surface area contributed by atoms with Gasteiger partial charge in [-0.2, -0.15) is 0 Å². The molecule has 0 amide bonds. The Hall–Kier alpha value is -1.55. The van der Waals surface area contributed by atoms with Crippen LogP contribution >= 0.6 is 0 Å². The fourth-order valence-electron chi connectivity index (χ4n) is 3.07. The average molecular weight is 316 g/mol. The van der Waals surface area contributed by atoms with Crippen molar-refractivity contribution < 1.29 is 0 Å². The van der Waals surface area contributed by atoms with Crippen LogP contribution in [0.15, 0.2) is 29.3 Å². The number of benzene rings is 1. The second-order valence-corrected chi connectivity index (χ2v) is 7.66. The lowest BCUT2D eigenvalue weighted by molar-refractivity contribution is 0.152. The van der Waals surface area contributed by atoms with E-state index in [1.54, 1.807) is 0 Å². The molecule has 3 N–H and O–H groups in total. The fraction of sp³-hybridized carbons (Fsp3) is 0.632. The molecule has 4 heteroatoms. The van der Waals surface area contributed by atoms with Gasteiger partial charge in [-0.05, 0) is 58.2 Å². The Morgan fingerprint density at radius 2 is 1.96 bits per heavy atom. The number of aliphatic imine (C=N–C) groups is 1. The normalized spacial score (nSPS) is 20.5. The number of nitrogens with zero attached hydrogens (tertiary/aromatic N) is 2. The first-order valence-electron chi connectivity index (χ1n) is 8.74. The van der Waals surface area contributed by atoms with Crippen molar-refractivity contribution in [1.82, 2.24) is 10.2 Å². The summed E-state index contributed by atoms with van der Waals surface area (Å²) in [5, 5.41) is 3.21. The summed E-state index contributed by atoms with van der Waals surface area (Å²) < 4.78 is 0. The summed E-state index contributed by atoms with van der Waals surface area (Å²) in [6.45, 7) is 11.4. The van der Waals surface area contributed by atoms with E-state index in [0.717, 1.165) is 6.54 Å². The third-order valence-corrected chi connectivity index (χ3v) is 4.36. The predicted octanol–water partition coefficient (Wildman–Crippen LogP) is 3.26. The minimum atomic E-state index is -0.0592. The number of nitrogens with one attached hydrogen (secondary N) is 1. The molecule has 1 unspecified atom stereocenters. The van der Waals surface area contributed by atoms with E-state index in [1.807, 2.05) is 0 Å². The van der Waals surface area contributed by atoms with Crippen LogP contribution in [0.1, 0.15) is 58.1 Å². The van der Waals surface area contributed by atoms with Crippen molar-refractivity contribution in [3.63, 3.8) is 0 Å². The lowest BCUT2D eigenvalue weighted by Gasteiger charge is -2.33. The largest absolute Gasteiger partial charge is 0.370 e. The van der Waals surface area contributed by atoms with Crippen LogP contribution in [0.2, 0.25) is 0 Å². The third kappa shape index (κ3) is 5.87. The molecular weight excluding hydrogens is 284 g/mol. The SMILES string of the molecule is CC1CCCCN1Cc1ccccc1CN=C(N)NC(C)(C)C. The van der Waals surface area contributed by atoms with Crippen LogP contribution in [-0.4, -0.2) is 29.0 Å². The van der Waals surface area contributed by atoms with Crippen LogP contribution in [0.25, 0.3) is 0 Å². The quantitative estimate of drug-likeness (QED) is 0.662. The van der Waals surface area contributed by atoms with Gasteiger partial charge in [-0.15, -0.1) is 0 Å². The van der Waals surface area contributed by atoms with Crippen molar-refractivity contribution in [1.29, 1.82) is 0 Å². The first-order chi connectivity index (χ1) is 10.8. The molecule has 0 spiro atoms. The van der Waals surface area contributed by atoms with E-state index in [9.17, 15) is 0 Å². The highest BCUT2D eigenvalue weighted by molar-refractivity contribution is 5.78. The van der Waals surface area contributed by atoms with Gasteiger partial charge in [0.1, 0.15) is 0 Å². The van der Waals surface area contributed by atoms with Gasteiger partial charge in [0, 0.05) is 18.1 Å². The molecule has 0 bridgehead atoms. The number of hydrogen-bond donors (Lipinski definition) is 2. The van der Waals surface area contributed by atoms with Crippen LogP contribution in [0.5, 0.6) is 0 Å². The van der Waals surface area contributed by atoms with Crippen molar-refractivity contribution >= 4 is 5.96 Å². The molecule has 0 radical (unpaired) electrons. The topological polar surface area (TPSA) is 53.6 Å². The molecule has 1 atom stereocenters. The lowest BCUT2D eigenvalue weighted by Crippen LogP contribution is -2.45. The van der Waals surface area contributed by atoms with Gasteiger partial charge in [0.2, 0.25) is 0 Å². The molecule has 1 fully saturated rings. The van der Waals surface area contributed by atoms with Crippen LogP contribution in [-0.2, 0) is 13.1 Å². The molecule has 2 rings (SSSR count). The predicted molar refractivity (Wildman–Crippen MR) is 98.4 cm³/mol. The second kappa shape index (κ2) is 7.82. The number of rotatable bonds is 4. The first-order valence-corrected chi connectivity index (χ1v) is 8.74. The van der Waals surface area contributed by atoms with E-state index >= 15 is 0 Å². The highest BCUT2D eigenvalue weighted by atomic mass is 15.2. The van der Waals surface area contributed by atoms with Gasteiger partial charge in [0.25, 0.3) is 0 Å². The fourth-order valence-corrected chi connectivity index (χ4v) is 3.07. The Balaban J connectivity index is 2.04. The van der Waals surface area contributed by atoms with Crippen LogP contribution in [0, 0.1) is 0 Å². The molecule has 4 nitrogen and oxygen atoms in total.